The van der Waals surface area contributed by atoms with Crippen molar-refractivity contribution in [3.05, 3.63) is 47.0 Å². The Bertz CT molecular complexity index is 649. The van der Waals surface area contributed by atoms with Gasteiger partial charge in [-0.3, -0.25) is 4.98 Å². The van der Waals surface area contributed by atoms with Crippen molar-refractivity contribution in [2.24, 2.45) is 0 Å². The van der Waals surface area contributed by atoms with E-state index in [1.165, 1.54) is 18.3 Å². The number of pyridine rings is 1. The molecule has 1 aromatic heterocycles. The Labute approximate surface area is 112 Å². The number of aromatic carboxylic acids is 1. The van der Waals surface area contributed by atoms with Crippen LogP contribution in [-0.4, -0.2) is 21.2 Å². The van der Waals surface area contributed by atoms with Crippen LogP contribution in [0.1, 0.15) is 10.4 Å². The van der Waals surface area contributed by atoms with Gasteiger partial charge in [0, 0.05) is 6.20 Å². The van der Waals surface area contributed by atoms with Crippen molar-refractivity contribution in [3.63, 3.8) is 0 Å². The van der Waals surface area contributed by atoms with Gasteiger partial charge < -0.3 is 15.5 Å². The number of benzene rings is 1. The Morgan fingerprint density at radius 3 is 2.68 bits per heavy atom. The predicted octanol–water partition coefficient (Wildman–Crippen LogP) is 3.02. The number of halogens is 2. The van der Waals surface area contributed by atoms with Crippen molar-refractivity contribution in [2.45, 2.75) is 0 Å². The minimum Gasteiger partial charge on any atom is -0.507 e. The monoisotopic (exact) mass is 282 g/mol. The molecule has 7 heteroatoms. The minimum atomic E-state index is -1.37. The number of hydrogen-bond acceptors (Lipinski definition) is 4. The van der Waals surface area contributed by atoms with Crippen molar-refractivity contribution in [1.29, 1.82) is 0 Å². The highest BCUT2D eigenvalue weighted by molar-refractivity contribution is 6.36. The molecule has 1 aromatic carbocycles. The first kappa shape index (κ1) is 13.1. The third kappa shape index (κ3) is 2.58. The molecule has 0 unspecified atom stereocenters. The van der Waals surface area contributed by atoms with E-state index in [0.717, 1.165) is 12.3 Å². The molecular formula is C12H8ClFN2O3. The van der Waals surface area contributed by atoms with E-state index in [1.807, 2.05) is 0 Å². The van der Waals surface area contributed by atoms with E-state index in [-0.39, 0.29) is 16.4 Å². The van der Waals surface area contributed by atoms with E-state index in [0.29, 0.717) is 0 Å². The molecule has 0 radical (unpaired) electrons. The molecule has 0 aliphatic rings. The molecule has 2 rings (SSSR count). The number of nitrogens with zero attached hydrogens (tertiary/aromatic N) is 1. The first-order chi connectivity index (χ1) is 9.00. The molecule has 0 saturated carbocycles. The number of phenols is 1. The van der Waals surface area contributed by atoms with E-state index in [2.05, 4.69) is 10.3 Å². The lowest BCUT2D eigenvalue weighted by Gasteiger charge is -2.11. The lowest BCUT2D eigenvalue weighted by Crippen LogP contribution is -2.02. The molecule has 0 amide bonds. The van der Waals surface area contributed by atoms with Crippen LogP contribution in [0.2, 0.25) is 5.02 Å². The zero-order chi connectivity index (χ0) is 14.0. The number of hydrogen-bond donors (Lipinski definition) is 3. The van der Waals surface area contributed by atoms with Crippen LogP contribution in [0.25, 0.3) is 0 Å². The number of nitrogens with one attached hydrogen (secondary N) is 1. The number of aromatic nitrogens is 1. The van der Waals surface area contributed by atoms with Crippen LogP contribution in [0.5, 0.6) is 5.75 Å². The SMILES string of the molecule is O=C(O)c1c(O)ccc(Nc2ccncc2F)c1Cl. The number of anilines is 2. The summed E-state index contributed by atoms with van der Waals surface area (Å²) in [4.78, 5) is 14.5. The predicted molar refractivity (Wildman–Crippen MR) is 67.6 cm³/mol. The lowest BCUT2D eigenvalue weighted by molar-refractivity contribution is 0.0694. The summed E-state index contributed by atoms with van der Waals surface area (Å²) >= 11 is 5.87. The second kappa shape index (κ2) is 5.11. The Morgan fingerprint density at radius 1 is 1.32 bits per heavy atom. The molecule has 1 heterocycles. The van der Waals surface area contributed by atoms with Gasteiger partial charge >= 0.3 is 5.97 Å². The van der Waals surface area contributed by atoms with E-state index in [1.54, 1.807) is 0 Å². The van der Waals surface area contributed by atoms with Gasteiger partial charge in [0.05, 0.1) is 22.6 Å². The molecule has 98 valence electrons. The van der Waals surface area contributed by atoms with Gasteiger partial charge in [0.1, 0.15) is 11.3 Å². The standard InChI is InChI=1S/C12H8ClFN2O3/c13-11-8(1-2-9(17)10(11)12(18)19)16-7-3-4-15-5-6(7)14/h1-5,17H,(H,15,16)(H,18,19). The molecule has 19 heavy (non-hydrogen) atoms. The Balaban J connectivity index is 2.45. The fourth-order valence-electron chi connectivity index (χ4n) is 1.49. The van der Waals surface area contributed by atoms with Gasteiger partial charge in [-0.1, -0.05) is 11.6 Å². The van der Waals surface area contributed by atoms with Gasteiger partial charge in [-0.15, -0.1) is 0 Å². The van der Waals surface area contributed by atoms with Gasteiger partial charge in [-0.25, -0.2) is 9.18 Å². The summed E-state index contributed by atoms with van der Waals surface area (Å²) in [5.74, 6) is -2.44. The molecule has 3 N–H and O–H groups in total. The third-order valence-electron chi connectivity index (χ3n) is 2.38. The van der Waals surface area contributed by atoms with Gasteiger partial charge in [0.25, 0.3) is 0 Å². The lowest BCUT2D eigenvalue weighted by atomic mass is 10.1. The van der Waals surface area contributed by atoms with Gasteiger partial charge in [0.2, 0.25) is 0 Å². The molecular weight excluding hydrogens is 275 g/mol. The quantitative estimate of drug-likeness (QED) is 0.754. The maximum Gasteiger partial charge on any atom is 0.341 e. The summed E-state index contributed by atoms with van der Waals surface area (Å²) in [6.07, 6.45) is 2.38. The van der Waals surface area contributed by atoms with Crippen molar-refractivity contribution < 1.29 is 19.4 Å². The number of carboxylic acids is 1. The van der Waals surface area contributed by atoms with Crippen molar-refractivity contribution in [2.75, 3.05) is 5.32 Å². The molecule has 0 aliphatic carbocycles. The summed E-state index contributed by atoms with van der Waals surface area (Å²) in [6.45, 7) is 0. The molecule has 5 nitrogen and oxygen atoms in total. The minimum absolute atomic E-state index is 0.0962. The molecule has 0 spiro atoms. The zero-order valence-corrected chi connectivity index (χ0v) is 10.1. The van der Waals surface area contributed by atoms with Crippen LogP contribution in [0, 0.1) is 5.82 Å². The Kier molecular flexibility index (Phi) is 3.52. The van der Waals surface area contributed by atoms with Gasteiger partial charge in [-0.2, -0.15) is 0 Å². The van der Waals surface area contributed by atoms with Crippen LogP contribution < -0.4 is 5.32 Å². The molecule has 0 bridgehead atoms. The highest BCUT2D eigenvalue weighted by Crippen LogP contribution is 2.34. The van der Waals surface area contributed by atoms with E-state index in [4.69, 9.17) is 16.7 Å². The fraction of sp³-hybridized carbons (Fsp3) is 0. The van der Waals surface area contributed by atoms with Gasteiger partial charge in [-0.05, 0) is 18.2 Å². The van der Waals surface area contributed by atoms with Crippen molar-refractivity contribution in [3.8, 4) is 5.75 Å². The second-order valence-corrected chi connectivity index (χ2v) is 3.98. The Morgan fingerprint density at radius 2 is 2.05 bits per heavy atom. The smallest absolute Gasteiger partial charge is 0.341 e. The first-order valence-electron chi connectivity index (χ1n) is 5.12. The first-order valence-corrected chi connectivity index (χ1v) is 5.50. The maximum atomic E-state index is 13.4. The number of carbonyl (C=O) groups is 1. The van der Waals surface area contributed by atoms with Crippen LogP contribution in [-0.2, 0) is 0 Å². The number of rotatable bonds is 3. The highest BCUT2D eigenvalue weighted by atomic mass is 35.5. The summed E-state index contributed by atoms with van der Waals surface area (Å²) in [6, 6.07) is 3.89. The second-order valence-electron chi connectivity index (χ2n) is 3.61. The van der Waals surface area contributed by atoms with Crippen LogP contribution in [0.3, 0.4) is 0 Å². The third-order valence-corrected chi connectivity index (χ3v) is 2.77. The normalized spacial score (nSPS) is 10.2. The molecule has 0 atom stereocenters. The van der Waals surface area contributed by atoms with Crippen LogP contribution in [0.4, 0.5) is 15.8 Å². The fourth-order valence-corrected chi connectivity index (χ4v) is 1.78. The van der Waals surface area contributed by atoms with Crippen molar-refractivity contribution in [1.82, 2.24) is 4.98 Å². The molecule has 0 fully saturated rings. The van der Waals surface area contributed by atoms with Crippen LogP contribution in [0.15, 0.2) is 30.6 Å². The maximum absolute atomic E-state index is 13.4. The molecule has 2 aromatic rings. The molecule has 0 saturated heterocycles. The van der Waals surface area contributed by atoms with E-state index in [9.17, 15) is 14.3 Å². The number of carboxylic acid groups (broad SMARTS) is 1. The average Bonchev–Trinajstić information content (AvgIpc) is 2.35. The van der Waals surface area contributed by atoms with E-state index < -0.39 is 23.1 Å². The number of aromatic hydroxyl groups is 1. The summed E-state index contributed by atoms with van der Waals surface area (Å²) in [5, 5.41) is 20.8. The van der Waals surface area contributed by atoms with E-state index >= 15 is 0 Å². The van der Waals surface area contributed by atoms with Crippen LogP contribution >= 0.6 is 11.6 Å². The summed E-state index contributed by atoms with van der Waals surface area (Å²) < 4.78 is 13.4. The summed E-state index contributed by atoms with van der Waals surface area (Å²) in [5.41, 5.74) is -0.179. The van der Waals surface area contributed by atoms with Crippen molar-refractivity contribution >= 4 is 28.9 Å². The zero-order valence-electron chi connectivity index (χ0n) is 9.39. The van der Waals surface area contributed by atoms with Gasteiger partial charge in [0.15, 0.2) is 5.82 Å². The summed E-state index contributed by atoms with van der Waals surface area (Å²) in [7, 11) is 0. The highest BCUT2D eigenvalue weighted by Gasteiger charge is 2.18. The Hall–Kier alpha value is -2.34. The largest absolute Gasteiger partial charge is 0.507 e. The average molecular weight is 283 g/mol. The molecule has 0 aliphatic heterocycles. The topological polar surface area (TPSA) is 82.5 Å².